The van der Waals surface area contributed by atoms with E-state index in [0.29, 0.717) is 17.1 Å². The quantitative estimate of drug-likeness (QED) is 0.884. The van der Waals surface area contributed by atoms with Gasteiger partial charge in [-0.15, -0.1) is 11.3 Å². The monoisotopic (exact) mass is 236 g/mol. The summed E-state index contributed by atoms with van der Waals surface area (Å²) >= 11 is 1.50. The second-order valence-corrected chi connectivity index (χ2v) is 4.35. The number of nitrogens with zero attached hydrogens (tertiary/aromatic N) is 2. The number of methoxy groups -OCH3 is 1. The van der Waals surface area contributed by atoms with Crippen molar-refractivity contribution in [2.24, 2.45) is 0 Å². The highest BCUT2D eigenvalue weighted by molar-refractivity contribution is 7.09. The molecule has 0 amide bonds. The van der Waals surface area contributed by atoms with Crippen molar-refractivity contribution < 1.29 is 9.84 Å². The van der Waals surface area contributed by atoms with Crippen LogP contribution in [-0.2, 0) is 0 Å². The SMILES string of the molecule is COc1cccnc1C(O)c1csc(C)n1. The predicted octanol–water partition coefficient (Wildman–Crippen LogP) is 1.94. The fraction of sp³-hybridized carbons (Fsp3) is 0.273. The van der Waals surface area contributed by atoms with Crippen LogP contribution in [0.3, 0.4) is 0 Å². The molecule has 1 atom stereocenters. The Kier molecular flexibility index (Phi) is 3.17. The van der Waals surface area contributed by atoms with E-state index in [4.69, 9.17) is 4.74 Å². The van der Waals surface area contributed by atoms with E-state index in [-0.39, 0.29) is 0 Å². The van der Waals surface area contributed by atoms with Gasteiger partial charge in [0.1, 0.15) is 17.5 Å². The maximum absolute atomic E-state index is 10.1. The smallest absolute Gasteiger partial charge is 0.143 e. The molecule has 0 aliphatic heterocycles. The van der Waals surface area contributed by atoms with Crippen molar-refractivity contribution in [1.82, 2.24) is 9.97 Å². The summed E-state index contributed by atoms with van der Waals surface area (Å²) in [5, 5.41) is 12.9. The number of pyridine rings is 1. The number of thiazole rings is 1. The molecule has 2 heterocycles. The van der Waals surface area contributed by atoms with Crippen LogP contribution < -0.4 is 4.74 Å². The van der Waals surface area contributed by atoms with Crippen molar-refractivity contribution in [1.29, 1.82) is 0 Å². The maximum atomic E-state index is 10.1. The molecule has 4 nitrogen and oxygen atoms in total. The average molecular weight is 236 g/mol. The molecule has 1 N–H and O–H groups in total. The number of aryl methyl sites for hydroxylation is 1. The zero-order valence-corrected chi connectivity index (χ0v) is 9.86. The normalized spacial score (nSPS) is 12.4. The van der Waals surface area contributed by atoms with Gasteiger partial charge in [-0.05, 0) is 19.1 Å². The van der Waals surface area contributed by atoms with Crippen LogP contribution in [0.1, 0.15) is 22.5 Å². The number of hydrogen-bond donors (Lipinski definition) is 1. The lowest BCUT2D eigenvalue weighted by atomic mass is 10.1. The number of aromatic nitrogens is 2. The van der Waals surface area contributed by atoms with Gasteiger partial charge in [-0.1, -0.05) is 0 Å². The van der Waals surface area contributed by atoms with Gasteiger partial charge in [-0.25, -0.2) is 4.98 Å². The first-order valence-electron chi connectivity index (χ1n) is 4.81. The van der Waals surface area contributed by atoms with E-state index < -0.39 is 6.10 Å². The predicted molar refractivity (Wildman–Crippen MR) is 61.7 cm³/mol. The Morgan fingerprint density at radius 1 is 1.50 bits per heavy atom. The van der Waals surface area contributed by atoms with Gasteiger partial charge in [0.2, 0.25) is 0 Å². The minimum Gasteiger partial charge on any atom is -0.495 e. The van der Waals surface area contributed by atoms with Gasteiger partial charge in [0.05, 0.1) is 17.8 Å². The summed E-state index contributed by atoms with van der Waals surface area (Å²) in [4.78, 5) is 8.36. The van der Waals surface area contributed by atoms with Crippen LogP contribution >= 0.6 is 11.3 Å². The molecule has 0 fully saturated rings. The minimum atomic E-state index is -0.832. The molecular weight excluding hydrogens is 224 g/mol. The number of ether oxygens (including phenoxy) is 1. The van der Waals surface area contributed by atoms with Crippen molar-refractivity contribution in [2.45, 2.75) is 13.0 Å². The van der Waals surface area contributed by atoms with Crippen molar-refractivity contribution in [3.63, 3.8) is 0 Å². The van der Waals surface area contributed by atoms with Gasteiger partial charge >= 0.3 is 0 Å². The Hall–Kier alpha value is -1.46. The zero-order valence-electron chi connectivity index (χ0n) is 9.04. The molecule has 0 saturated carbocycles. The Bertz CT molecular complexity index is 484. The summed E-state index contributed by atoms with van der Waals surface area (Å²) in [6.07, 6.45) is 0.793. The Balaban J connectivity index is 2.36. The molecule has 0 aliphatic rings. The molecule has 0 aliphatic carbocycles. The van der Waals surface area contributed by atoms with Gasteiger partial charge in [0.15, 0.2) is 0 Å². The molecule has 0 aromatic carbocycles. The summed E-state index contributed by atoms with van der Waals surface area (Å²) in [6, 6.07) is 3.53. The van der Waals surface area contributed by atoms with Crippen LogP contribution in [0, 0.1) is 6.92 Å². The van der Waals surface area contributed by atoms with E-state index in [1.54, 1.807) is 25.4 Å². The lowest BCUT2D eigenvalue weighted by Gasteiger charge is -2.11. The minimum absolute atomic E-state index is 0.496. The van der Waals surface area contributed by atoms with Gasteiger partial charge in [0, 0.05) is 11.6 Å². The first kappa shape index (κ1) is 11.0. The molecule has 0 bridgehead atoms. The summed E-state index contributed by atoms with van der Waals surface area (Å²) in [6.45, 7) is 1.90. The van der Waals surface area contributed by atoms with E-state index >= 15 is 0 Å². The Labute approximate surface area is 97.6 Å². The van der Waals surface area contributed by atoms with E-state index in [0.717, 1.165) is 5.01 Å². The molecular formula is C11H12N2O2S. The third kappa shape index (κ3) is 2.05. The summed E-state index contributed by atoms with van der Waals surface area (Å²) < 4.78 is 5.15. The fourth-order valence-electron chi connectivity index (χ4n) is 1.43. The largest absolute Gasteiger partial charge is 0.495 e. The molecule has 16 heavy (non-hydrogen) atoms. The van der Waals surface area contributed by atoms with Crippen LogP contribution in [-0.4, -0.2) is 22.2 Å². The summed E-state index contributed by atoms with van der Waals surface area (Å²) in [5.41, 5.74) is 1.11. The van der Waals surface area contributed by atoms with Gasteiger partial charge in [0.25, 0.3) is 0 Å². The Morgan fingerprint density at radius 3 is 2.94 bits per heavy atom. The Morgan fingerprint density at radius 2 is 2.31 bits per heavy atom. The van der Waals surface area contributed by atoms with Crippen molar-refractivity contribution >= 4 is 11.3 Å². The van der Waals surface area contributed by atoms with Gasteiger partial charge < -0.3 is 9.84 Å². The first-order valence-corrected chi connectivity index (χ1v) is 5.69. The maximum Gasteiger partial charge on any atom is 0.143 e. The molecule has 0 radical (unpaired) electrons. The number of aliphatic hydroxyl groups excluding tert-OH is 1. The van der Waals surface area contributed by atoms with Gasteiger partial charge in [-0.2, -0.15) is 0 Å². The van der Waals surface area contributed by atoms with E-state index in [9.17, 15) is 5.11 Å². The van der Waals surface area contributed by atoms with Crippen LogP contribution in [0.4, 0.5) is 0 Å². The average Bonchev–Trinajstić information content (AvgIpc) is 2.75. The first-order chi connectivity index (χ1) is 7.72. The topological polar surface area (TPSA) is 55.2 Å². The summed E-state index contributed by atoms with van der Waals surface area (Å²) in [5.74, 6) is 0.570. The van der Waals surface area contributed by atoms with E-state index in [1.807, 2.05) is 12.3 Å². The van der Waals surface area contributed by atoms with Crippen LogP contribution in [0.25, 0.3) is 0 Å². The number of rotatable bonds is 3. The van der Waals surface area contributed by atoms with Crippen LogP contribution in [0.15, 0.2) is 23.7 Å². The summed E-state index contributed by atoms with van der Waals surface area (Å²) in [7, 11) is 1.56. The molecule has 2 rings (SSSR count). The molecule has 2 aromatic rings. The molecule has 0 saturated heterocycles. The lowest BCUT2D eigenvalue weighted by Crippen LogP contribution is -2.05. The molecule has 0 spiro atoms. The van der Waals surface area contributed by atoms with Crippen molar-refractivity contribution in [3.05, 3.63) is 40.1 Å². The highest BCUT2D eigenvalue weighted by Gasteiger charge is 2.18. The zero-order chi connectivity index (χ0) is 11.5. The lowest BCUT2D eigenvalue weighted by molar-refractivity contribution is 0.205. The second kappa shape index (κ2) is 4.59. The van der Waals surface area contributed by atoms with E-state index in [2.05, 4.69) is 9.97 Å². The molecule has 84 valence electrons. The van der Waals surface area contributed by atoms with Crippen LogP contribution in [0.5, 0.6) is 5.75 Å². The van der Waals surface area contributed by atoms with Crippen molar-refractivity contribution in [3.8, 4) is 5.75 Å². The highest BCUT2D eigenvalue weighted by atomic mass is 32.1. The van der Waals surface area contributed by atoms with Gasteiger partial charge in [-0.3, -0.25) is 4.98 Å². The second-order valence-electron chi connectivity index (χ2n) is 3.28. The third-order valence-corrected chi connectivity index (χ3v) is 2.99. The third-order valence-electron chi connectivity index (χ3n) is 2.20. The molecule has 2 aromatic heterocycles. The molecule has 5 heteroatoms. The number of aliphatic hydroxyl groups is 1. The fourth-order valence-corrected chi connectivity index (χ4v) is 2.06. The highest BCUT2D eigenvalue weighted by Crippen LogP contribution is 2.28. The van der Waals surface area contributed by atoms with E-state index in [1.165, 1.54) is 11.3 Å². The standard InChI is InChI=1S/C11H12N2O2S/c1-7-13-8(6-16-7)11(14)10-9(15-2)4-3-5-12-10/h3-6,11,14H,1-2H3. The number of hydrogen-bond acceptors (Lipinski definition) is 5. The van der Waals surface area contributed by atoms with Crippen LogP contribution in [0.2, 0.25) is 0 Å². The van der Waals surface area contributed by atoms with Crippen molar-refractivity contribution in [2.75, 3.05) is 7.11 Å². The molecule has 1 unspecified atom stereocenters.